The smallest absolute Gasteiger partial charge is 0.309 e. The molecule has 2 fully saturated rings. The molecule has 1 aromatic heterocycles. The van der Waals surface area contributed by atoms with Gasteiger partial charge in [0.2, 0.25) is 17.6 Å². The second-order valence-corrected chi connectivity index (χ2v) is 7.40. The van der Waals surface area contributed by atoms with Crippen molar-refractivity contribution in [1.82, 2.24) is 20.4 Å². The molecule has 0 aliphatic carbocycles. The summed E-state index contributed by atoms with van der Waals surface area (Å²) < 4.78 is 5.40. The summed E-state index contributed by atoms with van der Waals surface area (Å²) in [5.74, 6) is -0.611. The molecule has 4 rings (SSSR count). The van der Waals surface area contributed by atoms with E-state index in [0.29, 0.717) is 44.2 Å². The van der Waals surface area contributed by atoms with Crippen molar-refractivity contribution in [3.05, 3.63) is 35.7 Å². The lowest BCUT2D eigenvalue weighted by molar-refractivity contribution is -0.144. The van der Waals surface area contributed by atoms with Crippen molar-refractivity contribution < 1.29 is 19.2 Å². The van der Waals surface area contributed by atoms with Crippen LogP contribution in [0.5, 0.6) is 0 Å². The predicted octanol–water partition coefficient (Wildman–Crippen LogP) is 1.60. The molecule has 0 saturated carbocycles. The van der Waals surface area contributed by atoms with Crippen molar-refractivity contribution in [2.75, 3.05) is 13.1 Å². The van der Waals surface area contributed by atoms with E-state index < -0.39 is 17.4 Å². The standard InChI is InChI=1S/C19H22N4O4/c1-12-4-2-3-5-13(12)17-20-16(27-22-17)11-23-8-6-19(7-9-23)14(18(25)26)10-15(24)21-19/h2-5,14H,6-11H2,1H3,(H,21,24)(H,25,26)/t14-/m0/s1. The Balaban J connectivity index is 1.41. The normalized spacial score (nSPS) is 22.1. The molecule has 1 amide bonds. The van der Waals surface area contributed by atoms with E-state index >= 15 is 0 Å². The van der Waals surface area contributed by atoms with E-state index in [1.54, 1.807) is 0 Å². The molecular formula is C19H22N4O4. The number of aliphatic carboxylic acids is 1. The lowest BCUT2D eigenvalue weighted by Gasteiger charge is -2.41. The molecule has 142 valence electrons. The molecule has 2 N–H and O–H groups in total. The average Bonchev–Trinajstić information content (AvgIpc) is 3.22. The minimum absolute atomic E-state index is 0.0682. The molecule has 3 heterocycles. The van der Waals surface area contributed by atoms with Crippen molar-refractivity contribution in [2.24, 2.45) is 5.92 Å². The molecule has 0 bridgehead atoms. The Morgan fingerprint density at radius 1 is 1.37 bits per heavy atom. The zero-order valence-corrected chi connectivity index (χ0v) is 15.1. The van der Waals surface area contributed by atoms with Crippen LogP contribution in [0.2, 0.25) is 0 Å². The number of piperidine rings is 1. The van der Waals surface area contributed by atoms with Gasteiger partial charge in [0.25, 0.3) is 0 Å². The van der Waals surface area contributed by atoms with E-state index in [1.807, 2.05) is 31.2 Å². The third-order valence-electron chi connectivity index (χ3n) is 5.70. The Morgan fingerprint density at radius 3 is 2.81 bits per heavy atom. The number of rotatable bonds is 4. The molecule has 1 aromatic carbocycles. The summed E-state index contributed by atoms with van der Waals surface area (Å²) in [4.78, 5) is 29.9. The Morgan fingerprint density at radius 2 is 2.11 bits per heavy atom. The molecule has 2 aromatic rings. The molecular weight excluding hydrogens is 348 g/mol. The van der Waals surface area contributed by atoms with Crippen molar-refractivity contribution in [1.29, 1.82) is 0 Å². The minimum atomic E-state index is -0.901. The highest BCUT2D eigenvalue weighted by atomic mass is 16.5. The SMILES string of the molecule is Cc1ccccc1-c1noc(CN2CCC3(CC2)NC(=O)C[C@H]3C(=O)O)n1. The maximum atomic E-state index is 11.7. The number of carbonyl (C=O) groups excluding carboxylic acids is 1. The number of benzene rings is 1. The van der Waals surface area contributed by atoms with Gasteiger partial charge < -0.3 is 14.9 Å². The molecule has 2 aliphatic heterocycles. The van der Waals surface area contributed by atoms with E-state index in [-0.39, 0.29) is 12.3 Å². The first-order chi connectivity index (χ1) is 13.0. The highest BCUT2D eigenvalue weighted by Crippen LogP contribution is 2.37. The van der Waals surface area contributed by atoms with E-state index in [4.69, 9.17) is 4.52 Å². The molecule has 2 saturated heterocycles. The summed E-state index contributed by atoms with van der Waals surface area (Å²) in [6.07, 6.45) is 1.28. The van der Waals surface area contributed by atoms with Crippen LogP contribution in [0.4, 0.5) is 0 Å². The first-order valence-electron chi connectivity index (χ1n) is 9.12. The first-order valence-corrected chi connectivity index (χ1v) is 9.12. The number of carbonyl (C=O) groups is 2. The number of carboxylic acid groups (broad SMARTS) is 1. The zero-order valence-electron chi connectivity index (χ0n) is 15.1. The van der Waals surface area contributed by atoms with Gasteiger partial charge in [0.1, 0.15) is 0 Å². The van der Waals surface area contributed by atoms with Gasteiger partial charge in [-0.15, -0.1) is 0 Å². The summed E-state index contributed by atoms with van der Waals surface area (Å²) in [7, 11) is 0. The minimum Gasteiger partial charge on any atom is -0.481 e. The molecule has 1 atom stereocenters. The lowest BCUT2D eigenvalue weighted by Crippen LogP contribution is -2.55. The maximum absolute atomic E-state index is 11.7. The summed E-state index contributed by atoms with van der Waals surface area (Å²) in [5, 5.41) is 16.4. The largest absolute Gasteiger partial charge is 0.481 e. The maximum Gasteiger partial charge on any atom is 0.309 e. The van der Waals surface area contributed by atoms with Gasteiger partial charge in [-0.05, 0) is 25.3 Å². The van der Waals surface area contributed by atoms with Gasteiger partial charge in [-0.3, -0.25) is 14.5 Å². The number of carboxylic acids is 1. The molecule has 8 nitrogen and oxygen atoms in total. The number of amides is 1. The van der Waals surface area contributed by atoms with Gasteiger partial charge in [-0.2, -0.15) is 4.98 Å². The monoisotopic (exact) mass is 370 g/mol. The summed E-state index contributed by atoms with van der Waals surface area (Å²) in [6.45, 7) is 3.86. The number of likely N-dealkylation sites (tertiary alicyclic amines) is 1. The van der Waals surface area contributed by atoms with Crippen LogP contribution in [0.25, 0.3) is 11.4 Å². The highest BCUT2D eigenvalue weighted by molar-refractivity contribution is 5.88. The Labute approximate surface area is 156 Å². The van der Waals surface area contributed by atoms with Crippen LogP contribution < -0.4 is 5.32 Å². The fourth-order valence-corrected chi connectivity index (χ4v) is 4.15. The summed E-state index contributed by atoms with van der Waals surface area (Å²) >= 11 is 0. The van der Waals surface area contributed by atoms with E-state index in [0.717, 1.165) is 11.1 Å². The van der Waals surface area contributed by atoms with Crippen LogP contribution in [-0.2, 0) is 16.1 Å². The topological polar surface area (TPSA) is 109 Å². The van der Waals surface area contributed by atoms with E-state index in [2.05, 4.69) is 20.4 Å². The summed E-state index contributed by atoms with van der Waals surface area (Å²) in [6, 6.07) is 7.88. The van der Waals surface area contributed by atoms with Gasteiger partial charge in [-0.25, -0.2) is 0 Å². The Hall–Kier alpha value is -2.74. The zero-order chi connectivity index (χ0) is 19.0. The van der Waals surface area contributed by atoms with Gasteiger partial charge in [0.05, 0.1) is 18.0 Å². The van der Waals surface area contributed by atoms with Crippen molar-refractivity contribution in [3.8, 4) is 11.4 Å². The number of hydrogen-bond donors (Lipinski definition) is 2. The highest BCUT2D eigenvalue weighted by Gasteiger charge is 2.51. The molecule has 8 heteroatoms. The quantitative estimate of drug-likeness (QED) is 0.841. The molecule has 1 spiro atoms. The van der Waals surface area contributed by atoms with Crippen LogP contribution in [0.15, 0.2) is 28.8 Å². The number of hydrogen-bond acceptors (Lipinski definition) is 6. The van der Waals surface area contributed by atoms with Crippen LogP contribution in [0.1, 0.15) is 30.7 Å². The number of nitrogens with zero attached hydrogens (tertiary/aromatic N) is 3. The molecule has 27 heavy (non-hydrogen) atoms. The van der Waals surface area contributed by atoms with Crippen molar-refractivity contribution >= 4 is 11.9 Å². The molecule has 0 radical (unpaired) electrons. The van der Waals surface area contributed by atoms with Gasteiger partial charge in [-0.1, -0.05) is 29.4 Å². The Kier molecular flexibility index (Phi) is 4.43. The van der Waals surface area contributed by atoms with Gasteiger partial charge in [0, 0.05) is 25.1 Å². The summed E-state index contributed by atoms with van der Waals surface area (Å²) in [5.41, 5.74) is 1.41. The second kappa shape index (κ2) is 6.77. The van der Waals surface area contributed by atoms with Gasteiger partial charge >= 0.3 is 5.97 Å². The van der Waals surface area contributed by atoms with Crippen LogP contribution >= 0.6 is 0 Å². The third-order valence-corrected chi connectivity index (χ3v) is 5.70. The van der Waals surface area contributed by atoms with Crippen LogP contribution in [0.3, 0.4) is 0 Å². The second-order valence-electron chi connectivity index (χ2n) is 7.40. The first kappa shape index (κ1) is 17.7. The fourth-order valence-electron chi connectivity index (χ4n) is 4.15. The van der Waals surface area contributed by atoms with E-state index in [9.17, 15) is 14.7 Å². The number of nitrogens with one attached hydrogen (secondary N) is 1. The van der Waals surface area contributed by atoms with E-state index in [1.165, 1.54) is 0 Å². The lowest BCUT2D eigenvalue weighted by atomic mass is 9.78. The van der Waals surface area contributed by atoms with Crippen molar-refractivity contribution in [2.45, 2.75) is 38.3 Å². The Bertz CT molecular complexity index is 870. The van der Waals surface area contributed by atoms with Crippen LogP contribution in [0, 0.1) is 12.8 Å². The fraction of sp³-hybridized carbons (Fsp3) is 0.474. The number of aromatic nitrogens is 2. The van der Waals surface area contributed by atoms with Crippen LogP contribution in [-0.4, -0.2) is 50.7 Å². The number of aryl methyl sites for hydroxylation is 1. The third kappa shape index (κ3) is 3.32. The van der Waals surface area contributed by atoms with Crippen molar-refractivity contribution in [3.63, 3.8) is 0 Å². The van der Waals surface area contributed by atoms with Gasteiger partial charge in [0.15, 0.2) is 0 Å². The average molecular weight is 370 g/mol. The molecule has 2 aliphatic rings. The predicted molar refractivity (Wildman–Crippen MR) is 95.6 cm³/mol. The molecule has 0 unspecified atom stereocenters.